The summed E-state index contributed by atoms with van der Waals surface area (Å²) in [5, 5.41) is 18.5. The molecule has 0 aliphatic heterocycles. The Hall–Kier alpha value is -13.5. The second-order valence-electron chi connectivity index (χ2n) is 24.0. The van der Waals surface area contributed by atoms with Crippen molar-refractivity contribution in [2.24, 2.45) is 0 Å². The van der Waals surface area contributed by atoms with Crippen LogP contribution in [0.3, 0.4) is 0 Å². The fourth-order valence-electron chi connectivity index (χ4n) is 11.8. The first kappa shape index (κ1) is 79.1. The number of methoxy groups -OCH3 is 2. The van der Waals surface area contributed by atoms with Crippen LogP contribution in [0.4, 0.5) is 46.0 Å². The monoisotopic (exact) mass is 1540 g/mol. The molecule has 0 spiro atoms. The lowest BCUT2D eigenvalue weighted by molar-refractivity contribution is -0.115. The van der Waals surface area contributed by atoms with Crippen molar-refractivity contribution in [1.82, 2.24) is 38.6 Å². The molecule has 23 nitrogen and oxygen atoms in total. The maximum Gasteiger partial charge on any atom is 0.335 e. The number of benzene rings is 10. The molecule has 15 aromatic rings. The van der Waals surface area contributed by atoms with E-state index in [0.29, 0.717) is 63.4 Å². The third kappa shape index (κ3) is 20.0. The number of anilines is 8. The molecule has 110 heavy (non-hydrogen) atoms. The van der Waals surface area contributed by atoms with Gasteiger partial charge in [-0.3, -0.25) is 14.4 Å². The van der Waals surface area contributed by atoms with Gasteiger partial charge in [0.05, 0.1) is 81.5 Å². The van der Waals surface area contributed by atoms with Gasteiger partial charge >= 0.3 is 23.1 Å². The molecule has 5 aromatic heterocycles. The average molecular weight is 1540 g/mol. The van der Waals surface area contributed by atoms with Crippen molar-refractivity contribution in [3.8, 4) is 56.8 Å². The van der Waals surface area contributed by atoms with E-state index in [9.17, 15) is 14.4 Å². The molecule has 0 aliphatic rings. The van der Waals surface area contributed by atoms with Crippen LogP contribution in [0.5, 0.6) is 11.5 Å². The number of nitrogen functional groups attached to an aromatic ring is 1. The number of aromatic nitrogens is 8. The minimum absolute atomic E-state index is 0. The summed E-state index contributed by atoms with van der Waals surface area (Å²) in [6, 6.07) is 78.9. The number of carbonyl (C=O) groups excluding carboxylic acids is 3. The van der Waals surface area contributed by atoms with Crippen LogP contribution in [-0.4, -0.2) is 87.8 Å². The third-order valence-corrected chi connectivity index (χ3v) is 17.3. The summed E-state index contributed by atoms with van der Waals surface area (Å²) in [7, 11) is 3.32. The molecule has 0 fully saturated rings. The van der Waals surface area contributed by atoms with E-state index in [2.05, 4.69) is 123 Å². The molecule has 15 rings (SSSR count). The van der Waals surface area contributed by atoms with Gasteiger partial charge in [0, 0.05) is 106 Å². The fourth-order valence-corrected chi connectivity index (χ4v) is 12.2. The first-order chi connectivity index (χ1) is 53.1. The summed E-state index contributed by atoms with van der Waals surface area (Å²) in [5.74, 6) is 3.03. The molecule has 0 radical (unpaired) electrons. The lowest BCUT2D eigenvalue weighted by Crippen LogP contribution is -2.05. The molecule has 0 bridgehead atoms. The highest BCUT2D eigenvalue weighted by Gasteiger charge is 2.21. The number of rotatable bonds is 19. The zero-order valence-electron chi connectivity index (χ0n) is 58.8. The van der Waals surface area contributed by atoms with Crippen LogP contribution < -0.4 is 41.8 Å². The fraction of sp³-hybridized carbons (Fsp3) is 0.0843. The minimum Gasteiger partial charge on any atom is -0.497 e. The second-order valence-corrected chi connectivity index (χ2v) is 25.0. The Morgan fingerprint density at radius 1 is 0.509 bits per heavy atom. The molecule has 27 heteroatoms. The Kier molecular flexibility index (Phi) is 27.5. The predicted molar refractivity (Wildman–Crippen MR) is 439 cm³/mol. The van der Waals surface area contributed by atoms with Gasteiger partial charge in [-0.25, -0.2) is 24.9 Å². The Labute approximate surface area is 650 Å². The summed E-state index contributed by atoms with van der Waals surface area (Å²) in [6.45, 7) is 4.17. The molecule has 0 saturated carbocycles. The molecular weight excluding hydrogens is 1470 g/mol. The van der Waals surface area contributed by atoms with E-state index < -0.39 is 23.1 Å². The molecular formula is C83H72Cl2N14O9S2. The zero-order valence-corrected chi connectivity index (χ0v) is 61.9. The molecule has 2 amide bonds. The van der Waals surface area contributed by atoms with Gasteiger partial charge in [-0.15, -0.1) is 0 Å². The first-order valence-corrected chi connectivity index (χ1v) is 35.5. The number of para-hydroxylation sites is 4. The highest BCUT2D eigenvalue weighted by Crippen LogP contribution is 2.39. The van der Waals surface area contributed by atoms with E-state index >= 15 is 0 Å². The summed E-state index contributed by atoms with van der Waals surface area (Å²) >= 11 is 11.9. The number of halogens is 2. The summed E-state index contributed by atoms with van der Waals surface area (Å²) < 4.78 is 50.2. The maximum absolute atomic E-state index is 11.6. The van der Waals surface area contributed by atoms with Crippen LogP contribution in [0.15, 0.2) is 267 Å². The molecule has 5 heterocycles. The number of imidazole rings is 1. The van der Waals surface area contributed by atoms with E-state index in [1.165, 1.54) is 13.8 Å². The maximum atomic E-state index is 11.6. The van der Waals surface area contributed by atoms with Crippen LogP contribution >= 0.6 is 23.2 Å². The van der Waals surface area contributed by atoms with E-state index in [1.54, 1.807) is 50.9 Å². The number of nitrogens with one attached hydrogen (secondary N) is 5. The number of ether oxygens (including phenoxy) is 2. The largest absolute Gasteiger partial charge is 0.497 e. The normalized spacial score (nSPS) is 10.4. The topological polar surface area (TPSA) is 303 Å². The molecule has 554 valence electrons. The van der Waals surface area contributed by atoms with E-state index in [1.807, 2.05) is 158 Å². The molecule has 10 aromatic carbocycles. The number of hydrogen-bond donors (Lipinski definition) is 6. The number of hydrogen-bond acceptors (Lipinski definition) is 18. The number of fused-ring (bicyclic) bond motifs is 3. The van der Waals surface area contributed by atoms with Crippen molar-refractivity contribution < 1.29 is 40.7 Å². The lowest BCUT2D eigenvalue weighted by Gasteiger charge is -2.13. The van der Waals surface area contributed by atoms with Crippen LogP contribution in [-0.2, 0) is 45.8 Å². The quantitative estimate of drug-likeness (QED) is 0.0324. The van der Waals surface area contributed by atoms with Crippen LogP contribution in [0.25, 0.3) is 78.1 Å². The van der Waals surface area contributed by atoms with Crippen molar-refractivity contribution in [2.75, 3.05) is 46.5 Å². The summed E-state index contributed by atoms with van der Waals surface area (Å²) in [5.41, 5.74) is 23.6. The molecule has 0 unspecified atom stereocenters. The Morgan fingerprint density at radius 3 is 1.41 bits per heavy atom. The average Bonchev–Trinajstić information content (AvgIpc) is 1.63. The van der Waals surface area contributed by atoms with Crippen LogP contribution in [0.2, 0.25) is 10.0 Å². The van der Waals surface area contributed by atoms with Crippen molar-refractivity contribution in [3.05, 3.63) is 294 Å². The molecule has 0 aliphatic carbocycles. The second kappa shape index (κ2) is 38.2. The van der Waals surface area contributed by atoms with Crippen molar-refractivity contribution in [2.45, 2.75) is 34.4 Å². The molecule has 7 N–H and O–H groups in total. The summed E-state index contributed by atoms with van der Waals surface area (Å²) in [6.07, 6.45) is 8.15. The highest BCUT2D eigenvalue weighted by atomic mass is 35.5. The predicted octanol–water partition coefficient (Wildman–Crippen LogP) is 18.0. The van der Waals surface area contributed by atoms with Gasteiger partial charge in [0.15, 0.2) is 0 Å². The smallest absolute Gasteiger partial charge is 0.335 e. The zero-order chi connectivity index (χ0) is 76.8. The first-order valence-electron chi connectivity index (χ1n) is 33.4. The molecule has 0 atom stereocenters. The number of nitrogens with zero attached hydrogens (tertiary/aromatic N) is 8. The standard InChI is InChI=1S/C41H32ClN7O2.C32H27ClN6O.C9H9NO2.CH4.2O2S/c1-26(50)44-29-16-14-28(15-17-29)40-46-36-22-30(18-21-38(36)49(40)24-27-12-19-32(51-2)20-13-27)45-41-43-23-35(42)39(47-41)34-25-48(31-8-4-3-5-9-31)37-11-7-6-10-33(34)37;1-40-24-14-11-21(12-15-24)18-35-29-16-13-22(17-28(29)34)37-32-36-19-27(33)31(38-32)26-20-39(23-7-3-2-4-8-23)30-10-6-5-9-25(26)30;1-7(12)10-9-4-2-8(6-11)3-5-9;;2*1-3-2/h3-23,25H,24H2,1-2H3,(H,44,50)(H,43,45,47);2-17,19-20,35H,18,34H2,1H3,(H,36,37,38);2-6H,1H3,(H,10,12);1H4;;. The van der Waals surface area contributed by atoms with E-state index in [4.69, 9.17) is 70.2 Å². The number of amides is 2. The van der Waals surface area contributed by atoms with Crippen LogP contribution in [0.1, 0.15) is 42.8 Å². The Balaban J connectivity index is 0.000000193. The third-order valence-electron chi connectivity index (χ3n) is 16.8. The van der Waals surface area contributed by atoms with Gasteiger partial charge in [0.2, 0.25) is 23.7 Å². The lowest BCUT2D eigenvalue weighted by atomic mass is 10.1. The van der Waals surface area contributed by atoms with Crippen molar-refractivity contribution in [1.29, 1.82) is 0 Å². The Morgan fingerprint density at radius 2 is 0.945 bits per heavy atom. The van der Waals surface area contributed by atoms with Crippen molar-refractivity contribution >= 4 is 143 Å². The highest BCUT2D eigenvalue weighted by molar-refractivity contribution is 7.52. The van der Waals surface area contributed by atoms with Crippen LogP contribution in [0, 0.1) is 0 Å². The number of carbonyl (C=O) groups is 3. The van der Waals surface area contributed by atoms with Crippen molar-refractivity contribution in [3.63, 3.8) is 0 Å². The van der Waals surface area contributed by atoms with E-state index in [-0.39, 0.29) is 19.2 Å². The van der Waals surface area contributed by atoms with Gasteiger partial charge < -0.3 is 55.5 Å². The van der Waals surface area contributed by atoms with Gasteiger partial charge in [0.25, 0.3) is 0 Å². The van der Waals surface area contributed by atoms with Gasteiger partial charge in [-0.2, -0.15) is 16.8 Å². The SMILES string of the molecule is C.CC(=O)Nc1ccc(C=O)cc1.COc1ccc(CNc2ccc(Nc3ncc(Cl)c(-c4cn(-c5ccccc5)c5ccccc45)n3)cc2N)cc1.COc1ccc(Cn2c(-c3ccc(NC(C)=O)cc3)nc3cc(Nc4ncc(Cl)c(-c5cn(-c6ccccc6)c6ccccc56)n4)ccc32)cc1.O=S=O.O=S=O. The van der Waals surface area contributed by atoms with Gasteiger partial charge in [-0.1, -0.05) is 128 Å². The molecule has 0 saturated heterocycles. The van der Waals surface area contributed by atoms with E-state index in [0.717, 1.165) is 118 Å². The number of aldehydes is 1. The van der Waals surface area contributed by atoms with Gasteiger partial charge in [-0.05, 0) is 157 Å². The number of nitrogens with two attached hydrogens (primary N) is 1. The minimum atomic E-state index is -0.750. The van der Waals surface area contributed by atoms with Gasteiger partial charge in [0.1, 0.15) is 23.6 Å². The Bertz CT molecular complexity index is 5760. The summed E-state index contributed by atoms with van der Waals surface area (Å²) in [4.78, 5) is 56.2.